The topological polar surface area (TPSA) is 83.4 Å². The molecule has 0 spiro atoms. The van der Waals surface area contributed by atoms with Gasteiger partial charge in [-0.1, -0.05) is 0 Å². The van der Waals surface area contributed by atoms with E-state index >= 15 is 0 Å². The van der Waals surface area contributed by atoms with Crippen molar-refractivity contribution in [1.82, 2.24) is 0 Å². The van der Waals surface area contributed by atoms with E-state index in [4.69, 9.17) is 9.47 Å². The first kappa shape index (κ1) is 19.6. The maximum Gasteiger partial charge on any atom is 0.267 e. The van der Waals surface area contributed by atoms with E-state index in [1.54, 1.807) is 25.3 Å². The van der Waals surface area contributed by atoms with Crippen LogP contribution in [0.25, 0.3) is 0 Å². The average molecular weight is 463 g/mol. The molecule has 0 radical (unpaired) electrons. The van der Waals surface area contributed by atoms with Crippen LogP contribution in [0.1, 0.15) is 5.56 Å². The predicted octanol–water partition coefficient (Wildman–Crippen LogP) is 4.07. The number of aryl methyl sites for hydroxylation is 1. The lowest BCUT2D eigenvalue weighted by Gasteiger charge is -2.11. The SMILES string of the molecule is COc1ccc(N/C=C(/C#N)C(=O)Nc2ccc(I)cc2C)c(OC)c1. The van der Waals surface area contributed by atoms with Gasteiger partial charge in [-0.15, -0.1) is 0 Å². The molecule has 0 saturated heterocycles. The number of methoxy groups -OCH3 is 2. The van der Waals surface area contributed by atoms with Crippen molar-refractivity contribution in [3.63, 3.8) is 0 Å². The monoisotopic (exact) mass is 463 g/mol. The molecule has 0 aliphatic carbocycles. The van der Waals surface area contributed by atoms with Gasteiger partial charge in [0.25, 0.3) is 5.91 Å². The highest BCUT2D eigenvalue weighted by molar-refractivity contribution is 14.1. The van der Waals surface area contributed by atoms with E-state index in [1.807, 2.05) is 31.2 Å². The summed E-state index contributed by atoms with van der Waals surface area (Å²) in [6, 6.07) is 12.7. The number of anilines is 2. The molecule has 0 saturated carbocycles. The highest BCUT2D eigenvalue weighted by atomic mass is 127. The summed E-state index contributed by atoms with van der Waals surface area (Å²) in [4.78, 5) is 12.4. The summed E-state index contributed by atoms with van der Waals surface area (Å²) < 4.78 is 11.5. The van der Waals surface area contributed by atoms with Crippen molar-refractivity contribution in [3.05, 3.63) is 57.3 Å². The van der Waals surface area contributed by atoms with E-state index in [-0.39, 0.29) is 5.57 Å². The van der Waals surface area contributed by atoms with Crippen molar-refractivity contribution in [3.8, 4) is 17.6 Å². The van der Waals surface area contributed by atoms with Crippen LogP contribution in [0.2, 0.25) is 0 Å². The highest BCUT2D eigenvalue weighted by Gasteiger charge is 2.12. The number of amides is 1. The molecule has 2 rings (SSSR count). The van der Waals surface area contributed by atoms with Gasteiger partial charge in [0, 0.05) is 21.5 Å². The van der Waals surface area contributed by atoms with Crippen LogP contribution in [0.3, 0.4) is 0 Å². The van der Waals surface area contributed by atoms with Crippen LogP contribution in [0.5, 0.6) is 11.5 Å². The zero-order valence-electron chi connectivity index (χ0n) is 14.6. The molecule has 1 amide bonds. The standard InChI is InChI=1S/C19H18IN3O3/c1-12-8-14(20)4-6-16(12)23-19(24)13(10-21)11-22-17-7-5-15(25-2)9-18(17)26-3/h4-9,11,22H,1-3H3,(H,23,24)/b13-11-. The Morgan fingerprint density at radius 2 is 1.88 bits per heavy atom. The highest BCUT2D eigenvalue weighted by Crippen LogP contribution is 2.29. The zero-order chi connectivity index (χ0) is 19.1. The summed E-state index contributed by atoms with van der Waals surface area (Å²) in [6.45, 7) is 1.90. The molecule has 0 aliphatic rings. The largest absolute Gasteiger partial charge is 0.497 e. The number of hydrogen-bond donors (Lipinski definition) is 2. The Morgan fingerprint density at radius 3 is 2.50 bits per heavy atom. The lowest BCUT2D eigenvalue weighted by Crippen LogP contribution is -2.15. The third kappa shape index (κ3) is 4.89. The first-order chi connectivity index (χ1) is 12.5. The van der Waals surface area contributed by atoms with Gasteiger partial charge in [-0.05, 0) is 65.4 Å². The second kappa shape index (κ2) is 9.10. The summed E-state index contributed by atoms with van der Waals surface area (Å²) in [5.41, 5.74) is 2.14. The Morgan fingerprint density at radius 1 is 1.15 bits per heavy atom. The average Bonchev–Trinajstić information content (AvgIpc) is 2.64. The lowest BCUT2D eigenvalue weighted by atomic mass is 10.2. The number of carbonyl (C=O) groups is 1. The Kier molecular flexibility index (Phi) is 6.86. The number of ether oxygens (including phenoxy) is 2. The van der Waals surface area contributed by atoms with Gasteiger partial charge in [-0.3, -0.25) is 4.79 Å². The van der Waals surface area contributed by atoms with Gasteiger partial charge in [-0.2, -0.15) is 5.26 Å². The summed E-state index contributed by atoms with van der Waals surface area (Å²) >= 11 is 2.20. The normalized spacial score (nSPS) is 10.7. The number of rotatable bonds is 6. The van der Waals surface area contributed by atoms with Crippen molar-refractivity contribution >= 4 is 39.9 Å². The van der Waals surface area contributed by atoms with E-state index in [0.717, 1.165) is 9.13 Å². The molecule has 0 bridgehead atoms. The molecular formula is C19H18IN3O3. The molecule has 0 atom stereocenters. The predicted molar refractivity (Wildman–Crippen MR) is 109 cm³/mol. The Bertz CT molecular complexity index is 888. The molecule has 134 valence electrons. The third-order valence-corrected chi connectivity index (χ3v) is 4.25. The number of nitrogens with zero attached hydrogens (tertiary/aromatic N) is 1. The number of halogens is 1. The van der Waals surface area contributed by atoms with Crippen LogP contribution in [0.15, 0.2) is 48.2 Å². The minimum atomic E-state index is -0.489. The number of hydrogen-bond acceptors (Lipinski definition) is 5. The number of nitrogens with one attached hydrogen (secondary N) is 2. The second-order valence-corrected chi connectivity index (χ2v) is 6.54. The van der Waals surface area contributed by atoms with E-state index < -0.39 is 5.91 Å². The summed E-state index contributed by atoms with van der Waals surface area (Å²) in [7, 11) is 3.09. The molecule has 0 unspecified atom stereocenters. The lowest BCUT2D eigenvalue weighted by molar-refractivity contribution is -0.112. The van der Waals surface area contributed by atoms with E-state index in [2.05, 4.69) is 33.2 Å². The molecule has 26 heavy (non-hydrogen) atoms. The number of nitriles is 1. The Balaban J connectivity index is 2.17. The van der Waals surface area contributed by atoms with Crippen molar-refractivity contribution < 1.29 is 14.3 Å². The molecule has 2 aromatic carbocycles. The maximum atomic E-state index is 12.4. The van der Waals surface area contributed by atoms with Crippen LogP contribution < -0.4 is 20.1 Å². The molecular weight excluding hydrogens is 445 g/mol. The Hall–Kier alpha value is -2.73. The molecule has 2 N–H and O–H groups in total. The van der Waals surface area contributed by atoms with Crippen LogP contribution in [0, 0.1) is 21.8 Å². The molecule has 6 nitrogen and oxygen atoms in total. The zero-order valence-corrected chi connectivity index (χ0v) is 16.7. The minimum Gasteiger partial charge on any atom is -0.497 e. The van der Waals surface area contributed by atoms with E-state index in [1.165, 1.54) is 13.3 Å². The first-order valence-corrected chi connectivity index (χ1v) is 8.72. The fourth-order valence-electron chi connectivity index (χ4n) is 2.17. The molecule has 0 aliphatic heterocycles. The molecule has 0 aromatic heterocycles. The second-order valence-electron chi connectivity index (χ2n) is 5.29. The molecule has 2 aromatic rings. The third-order valence-electron chi connectivity index (χ3n) is 3.58. The van der Waals surface area contributed by atoms with Crippen LogP contribution in [0.4, 0.5) is 11.4 Å². The number of carbonyl (C=O) groups excluding carboxylic acids is 1. The summed E-state index contributed by atoms with van der Waals surface area (Å²) in [6.07, 6.45) is 1.35. The maximum absolute atomic E-state index is 12.4. The summed E-state index contributed by atoms with van der Waals surface area (Å²) in [5, 5.41) is 15.0. The molecule has 0 heterocycles. The van der Waals surface area contributed by atoms with Crippen molar-refractivity contribution in [2.75, 3.05) is 24.9 Å². The fraction of sp³-hybridized carbons (Fsp3) is 0.158. The Labute approximate surface area is 165 Å². The minimum absolute atomic E-state index is 0.0548. The van der Waals surface area contributed by atoms with Gasteiger partial charge in [0.15, 0.2) is 0 Å². The first-order valence-electron chi connectivity index (χ1n) is 7.64. The van der Waals surface area contributed by atoms with Crippen LogP contribution in [-0.4, -0.2) is 20.1 Å². The van der Waals surface area contributed by atoms with E-state index in [9.17, 15) is 10.1 Å². The van der Waals surface area contributed by atoms with Crippen molar-refractivity contribution in [2.45, 2.75) is 6.92 Å². The van der Waals surface area contributed by atoms with Crippen molar-refractivity contribution in [1.29, 1.82) is 5.26 Å². The summed E-state index contributed by atoms with van der Waals surface area (Å²) in [5.74, 6) is 0.687. The quantitative estimate of drug-likeness (QED) is 0.384. The van der Waals surface area contributed by atoms with Gasteiger partial charge in [-0.25, -0.2) is 0 Å². The van der Waals surface area contributed by atoms with Gasteiger partial charge in [0.1, 0.15) is 23.1 Å². The van der Waals surface area contributed by atoms with Gasteiger partial charge in [0.05, 0.1) is 19.9 Å². The molecule has 0 fully saturated rings. The molecule has 7 heteroatoms. The van der Waals surface area contributed by atoms with Crippen LogP contribution >= 0.6 is 22.6 Å². The van der Waals surface area contributed by atoms with Gasteiger partial charge in [0.2, 0.25) is 0 Å². The van der Waals surface area contributed by atoms with Gasteiger partial charge < -0.3 is 20.1 Å². The number of benzene rings is 2. The fourth-order valence-corrected chi connectivity index (χ4v) is 2.82. The smallest absolute Gasteiger partial charge is 0.267 e. The van der Waals surface area contributed by atoms with Gasteiger partial charge >= 0.3 is 0 Å². The van der Waals surface area contributed by atoms with Crippen molar-refractivity contribution in [2.24, 2.45) is 0 Å². The van der Waals surface area contributed by atoms with E-state index in [0.29, 0.717) is 22.9 Å². The van der Waals surface area contributed by atoms with Crippen LogP contribution in [-0.2, 0) is 4.79 Å².